The lowest BCUT2D eigenvalue weighted by Crippen LogP contribution is -2.39. The van der Waals surface area contributed by atoms with Crippen molar-refractivity contribution in [1.29, 1.82) is 0 Å². The Bertz CT molecular complexity index is 493. The standard InChI is InChI=1S/C14H21NO2S/c1-3-13-6-8-14(9-7-13)18(16,17)15-10-4-5-12(2)11-15/h6-9,12H,3-5,10-11H2,1-2H3/t12-/m0/s1. The molecule has 100 valence electrons. The van der Waals surface area contributed by atoms with Crippen molar-refractivity contribution < 1.29 is 8.42 Å². The Kier molecular flexibility index (Phi) is 4.07. The Hall–Kier alpha value is -0.870. The predicted octanol–water partition coefficient (Wildman–Crippen LogP) is 2.67. The fourth-order valence-electron chi connectivity index (χ4n) is 2.41. The number of hydrogen-bond acceptors (Lipinski definition) is 2. The molecule has 3 nitrogen and oxygen atoms in total. The van der Waals surface area contributed by atoms with Crippen LogP contribution in [0.5, 0.6) is 0 Å². The molecule has 1 fully saturated rings. The van der Waals surface area contributed by atoms with Gasteiger partial charge in [-0.3, -0.25) is 0 Å². The highest BCUT2D eigenvalue weighted by atomic mass is 32.2. The van der Waals surface area contributed by atoms with Crippen molar-refractivity contribution >= 4 is 10.0 Å². The highest BCUT2D eigenvalue weighted by Gasteiger charge is 2.28. The van der Waals surface area contributed by atoms with Crippen LogP contribution in [0.3, 0.4) is 0 Å². The molecule has 0 unspecified atom stereocenters. The van der Waals surface area contributed by atoms with Crippen LogP contribution in [0, 0.1) is 5.92 Å². The quantitative estimate of drug-likeness (QED) is 0.844. The third kappa shape index (κ3) is 2.75. The molecule has 1 saturated heterocycles. The highest BCUT2D eigenvalue weighted by Crippen LogP contribution is 2.23. The Morgan fingerprint density at radius 2 is 1.94 bits per heavy atom. The fraction of sp³-hybridized carbons (Fsp3) is 0.571. The summed E-state index contributed by atoms with van der Waals surface area (Å²) < 4.78 is 26.5. The van der Waals surface area contributed by atoms with Gasteiger partial charge in [-0.1, -0.05) is 26.0 Å². The van der Waals surface area contributed by atoms with Gasteiger partial charge in [0, 0.05) is 13.1 Å². The van der Waals surface area contributed by atoms with E-state index >= 15 is 0 Å². The molecule has 0 spiro atoms. The summed E-state index contributed by atoms with van der Waals surface area (Å²) in [6.45, 7) is 5.48. The third-order valence-electron chi connectivity index (χ3n) is 3.59. The molecule has 0 aliphatic carbocycles. The Morgan fingerprint density at radius 1 is 1.28 bits per heavy atom. The second-order valence-electron chi connectivity index (χ2n) is 5.11. The first kappa shape index (κ1) is 13.6. The van der Waals surface area contributed by atoms with E-state index in [0.29, 0.717) is 23.9 Å². The molecule has 1 aliphatic rings. The molecule has 0 N–H and O–H groups in total. The minimum Gasteiger partial charge on any atom is -0.207 e. The summed E-state index contributed by atoms with van der Waals surface area (Å²) in [5, 5.41) is 0. The summed E-state index contributed by atoms with van der Waals surface area (Å²) in [6, 6.07) is 7.27. The van der Waals surface area contributed by atoms with Crippen molar-refractivity contribution in [2.24, 2.45) is 5.92 Å². The zero-order chi connectivity index (χ0) is 13.2. The van der Waals surface area contributed by atoms with E-state index in [4.69, 9.17) is 0 Å². The number of nitrogens with zero attached hydrogens (tertiary/aromatic N) is 1. The van der Waals surface area contributed by atoms with E-state index in [2.05, 4.69) is 13.8 Å². The Balaban J connectivity index is 2.23. The van der Waals surface area contributed by atoms with Crippen molar-refractivity contribution in [2.75, 3.05) is 13.1 Å². The third-order valence-corrected chi connectivity index (χ3v) is 5.47. The van der Waals surface area contributed by atoms with Crippen molar-refractivity contribution in [2.45, 2.75) is 38.0 Å². The van der Waals surface area contributed by atoms with Gasteiger partial charge in [-0.2, -0.15) is 4.31 Å². The summed E-state index contributed by atoms with van der Waals surface area (Å²) in [4.78, 5) is 0.425. The van der Waals surface area contributed by atoms with Crippen LogP contribution in [0.15, 0.2) is 29.2 Å². The number of sulfonamides is 1. The van der Waals surface area contributed by atoms with Crippen molar-refractivity contribution in [3.05, 3.63) is 29.8 Å². The topological polar surface area (TPSA) is 37.4 Å². The maximum Gasteiger partial charge on any atom is 0.243 e. The minimum atomic E-state index is -3.29. The van der Waals surface area contributed by atoms with E-state index < -0.39 is 10.0 Å². The summed E-state index contributed by atoms with van der Waals surface area (Å²) in [5.74, 6) is 0.462. The van der Waals surface area contributed by atoms with Crippen molar-refractivity contribution in [3.8, 4) is 0 Å². The monoisotopic (exact) mass is 267 g/mol. The number of rotatable bonds is 3. The zero-order valence-electron chi connectivity index (χ0n) is 11.1. The smallest absolute Gasteiger partial charge is 0.207 e. The molecule has 1 aromatic carbocycles. The highest BCUT2D eigenvalue weighted by molar-refractivity contribution is 7.89. The van der Waals surface area contributed by atoms with Gasteiger partial charge in [0.25, 0.3) is 0 Å². The predicted molar refractivity (Wildman–Crippen MR) is 73.0 cm³/mol. The molecule has 1 aromatic rings. The SMILES string of the molecule is CCc1ccc(S(=O)(=O)N2CCC[C@H](C)C2)cc1. The van der Waals surface area contributed by atoms with Crippen LogP contribution in [0.1, 0.15) is 32.3 Å². The summed E-state index contributed by atoms with van der Waals surface area (Å²) in [5.41, 5.74) is 1.17. The molecule has 0 aromatic heterocycles. The van der Waals surface area contributed by atoms with Crippen LogP contribution >= 0.6 is 0 Å². The van der Waals surface area contributed by atoms with Crippen LogP contribution in [-0.2, 0) is 16.4 Å². The lowest BCUT2D eigenvalue weighted by atomic mass is 10.0. The average Bonchev–Trinajstić information content (AvgIpc) is 2.39. The van der Waals surface area contributed by atoms with E-state index in [1.54, 1.807) is 16.4 Å². The molecule has 2 rings (SSSR count). The number of piperidine rings is 1. The van der Waals surface area contributed by atoms with Gasteiger partial charge in [0.1, 0.15) is 0 Å². The second kappa shape index (κ2) is 5.41. The van der Waals surface area contributed by atoms with Gasteiger partial charge in [-0.15, -0.1) is 0 Å². The summed E-state index contributed by atoms with van der Waals surface area (Å²) in [6.07, 6.45) is 3.02. The number of benzene rings is 1. The fourth-order valence-corrected chi connectivity index (χ4v) is 4.01. The molecular formula is C14H21NO2S. The summed E-state index contributed by atoms with van der Waals surface area (Å²) in [7, 11) is -3.29. The van der Waals surface area contributed by atoms with Crippen LogP contribution < -0.4 is 0 Å². The van der Waals surface area contributed by atoms with Crippen LogP contribution in [0.4, 0.5) is 0 Å². The molecule has 1 aliphatic heterocycles. The Morgan fingerprint density at radius 3 is 2.50 bits per heavy atom. The first-order chi connectivity index (χ1) is 8.54. The molecule has 18 heavy (non-hydrogen) atoms. The summed E-state index contributed by atoms with van der Waals surface area (Å²) >= 11 is 0. The van der Waals surface area contributed by atoms with Gasteiger partial charge in [-0.05, 0) is 42.9 Å². The second-order valence-corrected chi connectivity index (χ2v) is 7.05. The molecule has 1 atom stereocenters. The van der Waals surface area contributed by atoms with Gasteiger partial charge < -0.3 is 0 Å². The van der Waals surface area contributed by atoms with E-state index in [0.717, 1.165) is 19.3 Å². The lowest BCUT2D eigenvalue weighted by Gasteiger charge is -2.30. The first-order valence-corrected chi connectivity index (χ1v) is 8.07. The minimum absolute atomic E-state index is 0.425. The van der Waals surface area contributed by atoms with Crippen LogP contribution in [0.2, 0.25) is 0 Å². The van der Waals surface area contributed by atoms with Gasteiger partial charge in [0.05, 0.1) is 4.90 Å². The maximum absolute atomic E-state index is 12.5. The van der Waals surface area contributed by atoms with E-state index in [1.807, 2.05) is 12.1 Å². The van der Waals surface area contributed by atoms with E-state index in [1.165, 1.54) is 5.56 Å². The average molecular weight is 267 g/mol. The largest absolute Gasteiger partial charge is 0.243 e. The first-order valence-electron chi connectivity index (χ1n) is 6.63. The molecular weight excluding hydrogens is 246 g/mol. The molecule has 0 radical (unpaired) electrons. The number of aryl methyl sites for hydroxylation is 1. The Labute approximate surface area is 110 Å². The molecule has 0 bridgehead atoms. The van der Waals surface area contributed by atoms with Crippen LogP contribution in [-0.4, -0.2) is 25.8 Å². The van der Waals surface area contributed by atoms with Gasteiger partial charge >= 0.3 is 0 Å². The van der Waals surface area contributed by atoms with Crippen molar-refractivity contribution in [3.63, 3.8) is 0 Å². The van der Waals surface area contributed by atoms with E-state index in [9.17, 15) is 8.42 Å². The van der Waals surface area contributed by atoms with Crippen molar-refractivity contribution in [1.82, 2.24) is 4.31 Å². The lowest BCUT2D eigenvalue weighted by molar-refractivity contribution is 0.281. The maximum atomic E-state index is 12.5. The van der Waals surface area contributed by atoms with Gasteiger partial charge in [0.2, 0.25) is 10.0 Å². The van der Waals surface area contributed by atoms with Gasteiger partial charge in [-0.25, -0.2) is 8.42 Å². The zero-order valence-corrected chi connectivity index (χ0v) is 11.9. The van der Waals surface area contributed by atoms with E-state index in [-0.39, 0.29) is 0 Å². The van der Waals surface area contributed by atoms with Gasteiger partial charge in [0.15, 0.2) is 0 Å². The molecule has 0 saturated carbocycles. The molecule has 0 amide bonds. The molecule has 4 heteroatoms. The van der Waals surface area contributed by atoms with Crippen LogP contribution in [0.25, 0.3) is 0 Å². The normalized spacial score (nSPS) is 22.0. The molecule has 1 heterocycles. The number of hydrogen-bond donors (Lipinski definition) is 0.